The minimum Gasteiger partial charge on any atom is -0.507 e. The summed E-state index contributed by atoms with van der Waals surface area (Å²) in [5.74, 6) is 0.439. The predicted octanol–water partition coefficient (Wildman–Crippen LogP) is 1.58. The van der Waals surface area contributed by atoms with Crippen LogP contribution in [0.1, 0.15) is 16.7 Å². The van der Waals surface area contributed by atoms with Crippen molar-refractivity contribution in [1.82, 2.24) is 0 Å². The molecule has 0 aliphatic carbocycles. The highest BCUT2D eigenvalue weighted by molar-refractivity contribution is 5.46. The van der Waals surface area contributed by atoms with E-state index in [1.807, 2.05) is 13.0 Å². The van der Waals surface area contributed by atoms with E-state index in [1.165, 1.54) is 5.56 Å². The second-order valence-corrected chi connectivity index (χ2v) is 4.69. The Bertz CT molecular complexity index is 406. The Morgan fingerprint density at radius 3 is 2.44 bits per heavy atom. The molecule has 2 heterocycles. The van der Waals surface area contributed by atoms with Crippen LogP contribution in [0.25, 0.3) is 0 Å². The third-order valence-electron chi connectivity index (χ3n) is 3.27. The highest BCUT2D eigenvalue weighted by Gasteiger charge is 2.29. The lowest BCUT2D eigenvalue weighted by molar-refractivity contribution is 0.395. The Hall–Kier alpha value is -1.06. The van der Waals surface area contributed by atoms with Crippen LogP contribution in [0.3, 0.4) is 0 Å². The number of ether oxygens (including phenoxy) is 2. The molecule has 16 heavy (non-hydrogen) atoms. The first kappa shape index (κ1) is 10.1. The van der Waals surface area contributed by atoms with Crippen molar-refractivity contribution in [3.63, 3.8) is 0 Å². The molecule has 2 fully saturated rings. The lowest BCUT2D eigenvalue weighted by Crippen LogP contribution is -2.03. The standard InChI is InChI=1S/C13H16O3/c1-8-2-3-9(4-10-6-15-10)12(13(8)14)5-11-7-16-11/h2-3,10-11,14H,4-7H2,1H3. The molecule has 2 saturated heterocycles. The van der Waals surface area contributed by atoms with Crippen molar-refractivity contribution in [3.8, 4) is 5.75 Å². The summed E-state index contributed by atoms with van der Waals surface area (Å²) in [6.07, 6.45) is 2.42. The summed E-state index contributed by atoms with van der Waals surface area (Å²) in [7, 11) is 0. The second kappa shape index (κ2) is 3.75. The van der Waals surface area contributed by atoms with E-state index in [0.717, 1.165) is 37.2 Å². The van der Waals surface area contributed by atoms with Gasteiger partial charge in [0.1, 0.15) is 5.75 Å². The smallest absolute Gasteiger partial charge is 0.122 e. The number of rotatable bonds is 4. The van der Waals surface area contributed by atoms with Crippen molar-refractivity contribution in [2.45, 2.75) is 32.0 Å². The van der Waals surface area contributed by atoms with Gasteiger partial charge in [-0.3, -0.25) is 0 Å². The van der Waals surface area contributed by atoms with Gasteiger partial charge in [-0.15, -0.1) is 0 Å². The number of aromatic hydroxyl groups is 1. The van der Waals surface area contributed by atoms with Gasteiger partial charge in [0.15, 0.2) is 0 Å². The quantitative estimate of drug-likeness (QED) is 0.784. The number of hydrogen-bond donors (Lipinski definition) is 1. The van der Waals surface area contributed by atoms with Gasteiger partial charge >= 0.3 is 0 Å². The van der Waals surface area contributed by atoms with Crippen LogP contribution in [0, 0.1) is 6.92 Å². The summed E-state index contributed by atoms with van der Waals surface area (Å²) in [4.78, 5) is 0. The van der Waals surface area contributed by atoms with E-state index in [2.05, 4.69) is 6.07 Å². The first-order chi connectivity index (χ1) is 7.74. The fourth-order valence-corrected chi connectivity index (χ4v) is 2.06. The average Bonchev–Trinajstić information content (AvgIpc) is 3.11. The third-order valence-corrected chi connectivity index (χ3v) is 3.27. The number of benzene rings is 1. The summed E-state index contributed by atoms with van der Waals surface area (Å²) in [5, 5.41) is 10.1. The minimum atomic E-state index is 0.312. The van der Waals surface area contributed by atoms with E-state index in [-0.39, 0.29) is 0 Å². The molecule has 3 nitrogen and oxygen atoms in total. The van der Waals surface area contributed by atoms with Gasteiger partial charge in [-0.05, 0) is 18.1 Å². The Balaban J connectivity index is 1.89. The molecule has 2 atom stereocenters. The molecule has 0 aromatic heterocycles. The SMILES string of the molecule is Cc1ccc(CC2CO2)c(CC2CO2)c1O. The summed E-state index contributed by atoms with van der Waals surface area (Å²) in [6, 6.07) is 4.08. The maximum Gasteiger partial charge on any atom is 0.122 e. The normalized spacial score (nSPS) is 26.8. The van der Waals surface area contributed by atoms with Gasteiger partial charge in [0.2, 0.25) is 0 Å². The maximum atomic E-state index is 10.1. The van der Waals surface area contributed by atoms with Crippen LogP contribution in [0.4, 0.5) is 0 Å². The predicted molar refractivity (Wildman–Crippen MR) is 59.7 cm³/mol. The van der Waals surface area contributed by atoms with Crippen molar-refractivity contribution in [1.29, 1.82) is 0 Å². The molecule has 2 aliphatic heterocycles. The van der Waals surface area contributed by atoms with E-state index in [0.29, 0.717) is 18.0 Å². The Morgan fingerprint density at radius 2 is 1.81 bits per heavy atom. The Morgan fingerprint density at radius 1 is 1.19 bits per heavy atom. The summed E-state index contributed by atoms with van der Waals surface area (Å²) in [6.45, 7) is 3.62. The molecule has 0 bridgehead atoms. The highest BCUT2D eigenvalue weighted by Crippen LogP contribution is 2.31. The van der Waals surface area contributed by atoms with E-state index in [9.17, 15) is 5.11 Å². The van der Waals surface area contributed by atoms with E-state index in [1.54, 1.807) is 0 Å². The number of aryl methyl sites for hydroxylation is 1. The van der Waals surface area contributed by atoms with Crippen molar-refractivity contribution in [2.75, 3.05) is 13.2 Å². The van der Waals surface area contributed by atoms with E-state index >= 15 is 0 Å². The molecule has 0 amide bonds. The number of epoxide rings is 2. The summed E-state index contributed by atoms with van der Waals surface area (Å²) in [5.41, 5.74) is 3.20. The van der Waals surface area contributed by atoms with Crippen LogP contribution in [0.5, 0.6) is 5.75 Å². The highest BCUT2D eigenvalue weighted by atomic mass is 16.6. The first-order valence-corrected chi connectivity index (χ1v) is 5.77. The molecular weight excluding hydrogens is 204 g/mol. The van der Waals surface area contributed by atoms with Crippen LogP contribution in [0.2, 0.25) is 0 Å². The zero-order valence-electron chi connectivity index (χ0n) is 9.40. The Kier molecular flexibility index (Phi) is 2.37. The molecule has 0 radical (unpaired) electrons. The van der Waals surface area contributed by atoms with Crippen molar-refractivity contribution in [2.24, 2.45) is 0 Å². The molecule has 1 N–H and O–H groups in total. The molecule has 1 aromatic carbocycles. The zero-order chi connectivity index (χ0) is 11.1. The van der Waals surface area contributed by atoms with Gasteiger partial charge in [-0.25, -0.2) is 0 Å². The topological polar surface area (TPSA) is 45.3 Å². The van der Waals surface area contributed by atoms with Gasteiger partial charge in [0, 0.05) is 18.4 Å². The Labute approximate surface area is 95.0 Å². The zero-order valence-corrected chi connectivity index (χ0v) is 9.40. The monoisotopic (exact) mass is 220 g/mol. The molecule has 1 aromatic rings. The van der Waals surface area contributed by atoms with Crippen molar-refractivity contribution in [3.05, 3.63) is 28.8 Å². The van der Waals surface area contributed by atoms with Crippen molar-refractivity contribution >= 4 is 0 Å². The van der Waals surface area contributed by atoms with Crippen LogP contribution in [-0.4, -0.2) is 30.5 Å². The lowest BCUT2D eigenvalue weighted by atomic mass is 9.96. The van der Waals surface area contributed by atoms with E-state index < -0.39 is 0 Å². The summed E-state index contributed by atoms with van der Waals surface area (Å²) >= 11 is 0. The largest absolute Gasteiger partial charge is 0.507 e. The first-order valence-electron chi connectivity index (χ1n) is 5.77. The second-order valence-electron chi connectivity index (χ2n) is 4.69. The molecule has 0 saturated carbocycles. The molecule has 2 aliphatic rings. The van der Waals surface area contributed by atoms with Crippen molar-refractivity contribution < 1.29 is 14.6 Å². The average molecular weight is 220 g/mol. The summed E-state index contributed by atoms with van der Waals surface area (Å²) < 4.78 is 10.5. The molecule has 86 valence electrons. The molecule has 2 unspecified atom stereocenters. The fraction of sp³-hybridized carbons (Fsp3) is 0.538. The van der Waals surface area contributed by atoms with E-state index in [4.69, 9.17) is 9.47 Å². The minimum absolute atomic E-state index is 0.312. The number of hydrogen-bond acceptors (Lipinski definition) is 3. The number of phenols is 1. The van der Waals surface area contributed by atoms with Gasteiger partial charge in [0.25, 0.3) is 0 Å². The van der Waals surface area contributed by atoms with Crippen LogP contribution >= 0.6 is 0 Å². The lowest BCUT2D eigenvalue weighted by Gasteiger charge is -2.11. The molecular formula is C13H16O3. The third kappa shape index (κ3) is 2.06. The van der Waals surface area contributed by atoms with Crippen LogP contribution < -0.4 is 0 Å². The fourth-order valence-electron chi connectivity index (χ4n) is 2.06. The maximum absolute atomic E-state index is 10.1. The van der Waals surface area contributed by atoms with Gasteiger partial charge in [-0.1, -0.05) is 12.1 Å². The van der Waals surface area contributed by atoms with Crippen LogP contribution in [-0.2, 0) is 22.3 Å². The molecule has 3 rings (SSSR count). The van der Waals surface area contributed by atoms with Gasteiger partial charge < -0.3 is 14.6 Å². The molecule has 3 heteroatoms. The van der Waals surface area contributed by atoms with Crippen LogP contribution in [0.15, 0.2) is 12.1 Å². The number of phenolic OH excluding ortho intramolecular Hbond substituents is 1. The van der Waals surface area contributed by atoms with Gasteiger partial charge in [-0.2, -0.15) is 0 Å². The van der Waals surface area contributed by atoms with Gasteiger partial charge in [0.05, 0.1) is 25.4 Å². The molecule has 0 spiro atoms.